The lowest BCUT2D eigenvalue weighted by Gasteiger charge is -2.45. The maximum atomic E-state index is 6.13. The predicted molar refractivity (Wildman–Crippen MR) is 124 cm³/mol. The Balaban J connectivity index is 2.06. The molecule has 0 radical (unpaired) electrons. The first-order chi connectivity index (χ1) is 12.6. The van der Waals surface area contributed by atoms with E-state index in [1.54, 1.807) is 22.0 Å². The molecule has 0 bridgehead atoms. The number of nitrogens with zero attached hydrogens (tertiary/aromatic N) is 2. The second-order valence-electron chi connectivity index (χ2n) is 10.9. The molecule has 0 spiro atoms. The molecule has 2 fully saturated rings. The zero-order valence-corrected chi connectivity index (χ0v) is 22.5. The Kier molecular flexibility index (Phi) is 8.62. The summed E-state index contributed by atoms with van der Waals surface area (Å²) in [7, 11) is 1.14. The SMILES string of the molecule is CC1(C)COP(N(SSN(P2OCC(C)(C)CO2)C(C)(C)C)C(C)(C)C)OC1. The van der Waals surface area contributed by atoms with Gasteiger partial charge in [0.05, 0.1) is 26.4 Å². The molecule has 2 aliphatic rings. The molecule has 0 amide bonds. The van der Waals surface area contributed by atoms with Crippen LogP contribution in [-0.2, 0) is 18.1 Å². The molecule has 0 aromatic rings. The lowest BCUT2D eigenvalue weighted by atomic mass is 9.97. The van der Waals surface area contributed by atoms with E-state index in [4.69, 9.17) is 18.1 Å². The molecular weight excluding hydrogens is 434 g/mol. The Morgan fingerprint density at radius 2 is 0.857 bits per heavy atom. The molecule has 10 heteroatoms. The zero-order valence-electron chi connectivity index (χ0n) is 19.1. The first kappa shape index (κ1) is 25.6. The van der Waals surface area contributed by atoms with Crippen LogP contribution in [0.1, 0.15) is 69.2 Å². The highest BCUT2D eigenvalue weighted by Gasteiger charge is 2.43. The molecule has 0 N–H and O–H groups in total. The smallest absolute Gasteiger partial charge is 0.270 e. The summed E-state index contributed by atoms with van der Waals surface area (Å²) in [4.78, 5) is 0. The molecule has 0 unspecified atom stereocenters. The standard InChI is InChI=1S/C18H38N2O4P2S2/c1-15(2,3)19(25-21-11-17(7,8)12-22-25)27-28-20(16(4,5)6)26-23-13-18(9,10)14-24-26/h11-14H2,1-10H3. The van der Waals surface area contributed by atoms with Crippen LogP contribution in [0.2, 0.25) is 0 Å². The van der Waals surface area contributed by atoms with Crippen molar-refractivity contribution in [1.29, 1.82) is 0 Å². The van der Waals surface area contributed by atoms with Crippen molar-refractivity contribution in [3.63, 3.8) is 0 Å². The van der Waals surface area contributed by atoms with E-state index in [1.165, 1.54) is 0 Å². The molecule has 0 saturated carbocycles. The molecule has 2 aliphatic heterocycles. The van der Waals surface area contributed by atoms with Crippen LogP contribution in [0.3, 0.4) is 0 Å². The summed E-state index contributed by atoms with van der Waals surface area (Å²) < 4.78 is 29.0. The minimum absolute atomic E-state index is 0.0669. The van der Waals surface area contributed by atoms with E-state index in [9.17, 15) is 0 Å². The summed E-state index contributed by atoms with van der Waals surface area (Å²) in [6.07, 6.45) is 0. The van der Waals surface area contributed by atoms with Gasteiger partial charge in [0.15, 0.2) is 0 Å². The molecule has 0 aliphatic carbocycles. The second kappa shape index (κ2) is 9.44. The summed E-state index contributed by atoms with van der Waals surface area (Å²) in [6, 6.07) is 0. The van der Waals surface area contributed by atoms with Crippen LogP contribution in [-0.4, -0.2) is 45.7 Å². The van der Waals surface area contributed by atoms with Crippen LogP contribution >= 0.6 is 39.0 Å². The van der Waals surface area contributed by atoms with Crippen molar-refractivity contribution in [2.45, 2.75) is 80.3 Å². The van der Waals surface area contributed by atoms with Gasteiger partial charge in [-0.25, -0.2) is 0 Å². The number of rotatable bonds is 5. The fraction of sp³-hybridized carbons (Fsp3) is 1.00. The molecule has 0 aromatic heterocycles. The average molecular weight is 473 g/mol. The number of hydrogen-bond donors (Lipinski definition) is 0. The van der Waals surface area contributed by atoms with Crippen molar-refractivity contribution in [3.05, 3.63) is 0 Å². The molecule has 2 rings (SSSR count). The fourth-order valence-electron chi connectivity index (χ4n) is 2.12. The normalized spacial score (nSPS) is 24.9. The molecule has 0 aromatic carbocycles. The van der Waals surface area contributed by atoms with E-state index in [2.05, 4.69) is 77.4 Å². The van der Waals surface area contributed by atoms with E-state index < -0.39 is 17.1 Å². The summed E-state index contributed by atoms with van der Waals surface area (Å²) in [5.74, 6) is 0. The minimum atomic E-state index is -1.11. The molecule has 2 saturated heterocycles. The summed E-state index contributed by atoms with van der Waals surface area (Å²) in [5, 5.41) is 0. The molecule has 0 atom stereocenters. The van der Waals surface area contributed by atoms with Crippen molar-refractivity contribution in [2.24, 2.45) is 10.8 Å². The molecule has 28 heavy (non-hydrogen) atoms. The van der Waals surface area contributed by atoms with Crippen molar-refractivity contribution in [1.82, 2.24) is 8.15 Å². The Morgan fingerprint density at radius 1 is 0.607 bits per heavy atom. The van der Waals surface area contributed by atoms with Crippen LogP contribution in [0.15, 0.2) is 0 Å². The zero-order chi connectivity index (χ0) is 21.4. The van der Waals surface area contributed by atoms with Gasteiger partial charge >= 0.3 is 0 Å². The highest BCUT2D eigenvalue weighted by Crippen LogP contribution is 2.63. The van der Waals surface area contributed by atoms with Gasteiger partial charge in [-0.15, -0.1) is 0 Å². The Hall–Kier alpha value is 1.32. The highest BCUT2D eigenvalue weighted by molar-refractivity contribution is 8.76. The van der Waals surface area contributed by atoms with Crippen LogP contribution in [0, 0.1) is 10.8 Å². The minimum Gasteiger partial charge on any atom is -0.321 e. The lowest BCUT2D eigenvalue weighted by molar-refractivity contribution is 0.0466. The molecular formula is C18H38N2O4P2S2. The van der Waals surface area contributed by atoms with Gasteiger partial charge in [-0.05, 0) is 41.5 Å². The van der Waals surface area contributed by atoms with Crippen molar-refractivity contribution in [3.8, 4) is 0 Å². The quantitative estimate of drug-likeness (QED) is 0.241. The maximum absolute atomic E-state index is 6.13. The summed E-state index contributed by atoms with van der Waals surface area (Å²) in [5.41, 5.74) is -0.0647. The molecule has 6 nitrogen and oxygen atoms in total. The third-order valence-electron chi connectivity index (χ3n) is 3.88. The van der Waals surface area contributed by atoms with Gasteiger partial charge in [-0.2, -0.15) is 8.15 Å². The van der Waals surface area contributed by atoms with Gasteiger partial charge in [0.1, 0.15) is 0 Å². The lowest BCUT2D eigenvalue weighted by Crippen LogP contribution is -2.39. The van der Waals surface area contributed by atoms with Gasteiger partial charge < -0.3 is 18.1 Å². The van der Waals surface area contributed by atoms with Gasteiger partial charge in [0, 0.05) is 43.9 Å². The van der Waals surface area contributed by atoms with Crippen molar-refractivity contribution >= 4 is 39.0 Å². The van der Waals surface area contributed by atoms with Gasteiger partial charge in [0.25, 0.3) is 17.1 Å². The monoisotopic (exact) mass is 472 g/mol. The van der Waals surface area contributed by atoms with Gasteiger partial charge in [-0.1, -0.05) is 27.7 Å². The van der Waals surface area contributed by atoms with Crippen LogP contribution < -0.4 is 0 Å². The van der Waals surface area contributed by atoms with Gasteiger partial charge in [-0.3, -0.25) is 0 Å². The maximum Gasteiger partial charge on any atom is 0.270 e. The van der Waals surface area contributed by atoms with E-state index in [1.807, 2.05) is 0 Å². The van der Waals surface area contributed by atoms with E-state index >= 15 is 0 Å². The largest absolute Gasteiger partial charge is 0.321 e. The first-order valence-corrected chi connectivity index (χ1v) is 14.0. The summed E-state index contributed by atoms with van der Waals surface area (Å²) >= 11 is 0. The topological polar surface area (TPSA) is 43.4 Å². The predicted octanol–water partition coefficient (Wildman–Crippen LogP) is 7.00. The third-order valence-corrected chi connectivity index (χ3v) is 11.6. The highest BCUT2D eigenvalue weighted by atomic mass is 33.1. The van der Waals surface area contributed by atoms with Crippen molar-refractivity contribution < 1.29 is 18.1 Å². The van der Waals surface area contributed by atoms with Crippen LogP contribution in [0.4, 0.5) is 0 Å². The summed E-state index contributed by atoms with van der Waals surface area (Å²) in [6.45, 7) is 24.7. The Bertz CT molecular complexity index is 461. The Morgan fingerprint density at radius 3 is 1.07 bits per heavy atom. The van der Waals surface area contributed by atoms with E-state index in [0.717, 1.165) is 0 Å². The first-order valence-electron chi connectivity index (χ1n) is 9.68. The Labute approximate surface area is 182 Å². The molecule has 166 valence electrons. The van der Waals surface area contributed by atoms with Crippen LogP contribution in [0.25, 0.3) is 0 Å². The average Bonchev–Trinajstić information content (AvgIpc) is 2.51. The third kappa shape index (κ3) is 7.47. The van der Waals surface area contributed by atoms with Crippen molar-refractivity contribution in [2.75, 3.05) is 26.4 Å². The van der Waals surface area contributed by atoms with Gasteiger partial charge in [0.2, 0.25) is 0 Å². The molecule has 2 heterocycles. The number of hydrogen-bond acceptors (Lipinski definition) is 8. The fourth-order valence-corrected chi connectivity index (χ4v) is 10.3. The van der Waals surface area contributed by atoms with E-state index in [0.29, 0.717) is 26.4 Å². The van der Waals surface area contributed by atoms with Crippen LogP contribution in [0.5, 0.6) is 0 Å². The van der Waals surface area contributed by atoms with E-state index in [-0.39, 0.29) is 21.9 Å². The second-order valence-corrected chi connectivity index (χ2v) is 16.2.